The molecular weight excluding hydrogens is 262 g/mol. The van der Waals surface area contributed by atoms with Gasteiger partial charge in [-0.05, 0) is 18.2 Å². The second-order valence-electron chi connectivity index (χ2n) is 3.34. The molecule has 0 spiro atoms. The van der Waals surface area contributed by atoms with Gasteiger partial charge in [-0.25, -0.2) is 0 Å². The first kappa shape index (κ1) is 14.4. The maximum absolute atomic E-state index is 11.9. The van der Waals surface area contributed by atoms with E-state index < -0.39 is 10.8 Å². The number of nitrogen functional groups attached to an aromatic ring is 1. The van der Waals surface area contributed by atoms with Crippen LogP contribution >= 0.6 is 11.6 Å². The average molecular weight is 278 g/mol. The number of halogens is 1. The molecular formula is C11H16ClNO3S. The molecule has 0 amide bonds. The van der Waals surface area contributed by atoms with Gasteiger partial charge in [0.15, 0.2) is 0 Å². The molecule has 0 fully saturated rings. The molecule has 1 aromatic rings. The van der Waals surface area contributed by atoms with Crippen LogP contribution < -0.4 is 5.73 Å². The molecule has 96 valence electrons. The molecule has 0 saturated carbocycles. The number of hydrogen-bond acceptors (Lipinski definition) is 4. The topological polar surface area (TPSA) is 61.5 Å². The Morgan fingerprint density at radius 3 is 2.76 bits per heavy atom. The molecule has 1 unspecified atom stereocenters. The Hall–Kier alpha value is -0.620. The van der Waals surface area contributed by atoms with Gasteiger partial charge in [0.1, 0.15) is 0 Å². The van der Waals surface area contributed by atoms with Gasteiger partial charge in [-0.3, -0.25) is 4.21 Å². The minimum Gasteiger partial charge on any atom is -0.398 e. The van der Waals surface area contributed by atoms with Gasteiger partial charge in [0.2, 0.25) is 0 Å². The molecule has 1 aromatic carbocycles. The molecule has 17 heavy (non-hydrogen) atoms. The highest BCUT2D eigenvalue weighted by molar-refractivity contribution is 7.85. The lowest BCUT2D eigenvalue weighted by molar-refractivity contribution is 0.0787. The fourth-order valence-electron chi connectivity index (χ4n) is 1.22. The summed E-state index contributed by atoms with van der Waals surface area (Å²) in [5, 5.41) is 0.541. The lowest BCUT2D eigenvalue weighted by Gasteiger charge is -2.06. The Labute approximate surface area is 109 Å². The number of benzene rings is 1. The van der Waals surface area contributed by atoms with Crippen LogP contribution in [-0.4, -0.2) is 36.9 Å². The highest BCUT2D eigenvalue weighted by Crippen LogP contribution is 2.21. The van der Waals surface area contributed by atoms with Gasteiger partial charge in [0.05, 0.1) is 41.3 Å². The van der Waals surface area contributed by atoms with Crippen LogP contribution in [0.3, 0.4) is 0 Å². The molecule has 2 N–H and O–H groups in total. The van der Waals surface area contributed by atoms with E-state index in [1.165, 1.54) is 0 Å². The minimum absolute atomic E-state index is 0.412. The van der Waals surface area contributed by atoms with Crippen LogP contribution in [0.1, 0.15) is 0 Å². The van der Waals surface area contributed by atoms with E-state index in [0.717, 1.165) is 0 Å². The summed E-state index contributed by atoms with van der Waals surface area (Å²) in [6.07, 6.45) is 0. The van der Waals surface area contributed by atoms with Gasteiger partial charge < -0.3 is 15.2 Å². The summed E-state index contributed by atoms with van der Waals surface area (Å²) in [6.45, 7) is 1.46. The number of hydrogen-bond donors (Lipinski definition) is 1. The van der Waals surface area contributed by atoms with Crippen LogP contribution in [-0.2, 0) is 20.3 Å². The second-order valence-corrected chi connectivity index (χ2v) is 5.31. The maximum atomic E-state index is 11.9. The van der Waals surface area contributed by atoms with Crippen molar-refractivity contribution in [2.75, 3.05) is 38.4 Å². The zero-order valence-electron chi connectivity index (χ0n) is 9.65. The van der Waals surface area contributed by atoms with Crippen LogP contribution in [0.15, 0.2) is 23.1 Å². The van der Waals surface area contributed by atoms with E-state index in [2.05, 4.69) is 0 Å². The van der Waals surface area contributed by atoms with Crippen LogP contribution in [0.2, 0.25) is 5.02 Å². The number of nitrogens with two attached hydrogens (primary N) is 1. The van der Waals surface area contributed by atoms with Crippen molar-refractivity contribution >= 4 is 28.1 Å². The summed E-state index contributed by atoms with van der Waals surface area (Å²) < 4.78 is 22.0. The zero-order valence-corrected chi connectivity index (χ0v) is 11.2. The molecule has 1 atom stereocenters. The van der Waals surface area contributed by atoms with Crippen molar-refractivity contribution in [1.29, 1.82) is 0 Å². The zero-order chi connectivity index (χ0) is 12.7. The molecule has 4 nitrogen and oxygen atoms in total. The lowest BCUT2D eigenvalue weighted by atomic mass is 10.3. The monoisotopic (exact) mass is 277 g/mol. The third-order valence-electron chi connectivity index (χ3n) is 2.06. The van der Waals surface area contributed by atoms with Crippen LogP contribution in [0.5, 0.6) is 0 Å². The van der Waals surface area contributed by atoms with E-state index in [1.807, 2.05) is 0 Å². The fourth-order valence-corrected chi connectivity index (χ4v) is 2.43. The molecule has 0 heterocycles. The first-order valence-electron chi connectivity index (χ1n) is 5.15. The second kappa shape index (κ2) is 7.66. The number of methoxy groups -OCH3 is 1. The molecule has 0 aliphatic heterocycles. The van der Waals surface area contributed by atoms with Crippen molar-refractivity contribution in [3.8, 4) is 0 Å². The standard InChI is InChI=1S/C11H16ClNO3S/c1-15-4-5-16-6-7-17(14)11-3-2-9(12)8-10(11)13/h2-3,8H,4-7,13H2,1H3. The first-order valence-corrected chi connectivity index (χ1v) is 6.85. The van der Waals surface area contributed by atoms with Crippen molar-refractivity contribution in [3.05, 3.63) is 23.2 Å². The number of anilines is 1. The molecule has 0 saturated heterocycles. The van der Waals surface area contributed by atoms with Gasteiger partial charge in [-0.15, -0.1) is 0 Å². The van der Waals surface area contributed by atoms with Crippen LogP contribution in [0, 0.1) is 0 Å². The van der Waals surface area contributed by atoms with Gasteiger partial charge in [0, 0.05) is 17.8 Å². The molecule has 0 aliphatic rings. The Bertz CT molecular complexity index is 387. The maximum Gasteiger partial charge on any atom is 0.0700 e. The van der Waals surface area contributed by atoms with E-state index in [4.69, 9.17) is 26.8 Å². The van der Waals surface area contributed by atoms with Gasteiger partial charge in [0.25, 0.3) is 0 Å². The molecule has 1 rings (SSSR count). The highest BCUT2D eigenvalue weighted by atomic mass is 35.5. The normalized spacial score (nSPS) is 12.6. The van der Waals surface area contributed by atoms with E-state index in [0.29, 0.717) is 41.2 Å². The highest BCUT2D eigenvalue weighted by Gasteiger charge is 2.08. The Balaban J connectivity index is 2.42. The summed E-state index contributed by atoms with van der Waals surface area (Å²) in [5.41, 5.74) is 6.19. The third kappa shape index (κ3) is 5.04. The van der Waals surface area contributed by atoms with Crippen molar-refractivity contribution in [2.24, 2.45) is 0 Å². The lowest BCUT2D eigenvalue weighted by Crippen LogP contribution is -2.10. The van der Waals surface area contributed by atoms with E-state index >= 15 is 0 Å². The molecule has 0 bridgehead atoms. The predicted octanol–water partition coefficient (Wildman–Crippen LogP) is 1.69. The van der Waals surface area contributed by atoms with Crippen molar-refractivity contribution in [2.45, 2.75) is 4.90 Å². The Kier molecular flexibility index (Phi) is 6.50. The van der Waals surface area contributed by atoms with E-state index in [-0.39, 0.29) is 0 Å². The van der Waals surface area contributed by atoms with Gasteiger partial charge in [-0.2, -0.15) is 0 Å². The summed E-state index contributed by atoms with van der Waals surface area (Å²) in [7, 11) is 0.449. The molecule has 0 radical (unpaired) electrons. The Morgan fingerprint density at radius 2 is 2.12 bits per heavy atom. The quantitative estimate of drug-likeness (QED) is 0.609. The SMILES string of the molecule is COCCOCCS(=O)c1ccc(Cl)cc1N. The summed E-state index contributed by atoms with van der Waals surface area (Å²) in [5.74, 6) is 0.412. The molecule has 0 aromatic heterocycles. The van der Waals surface area contributed by atoms with Crippen molar-refractivity contribution in [1.82, 2.24) is 0 Å². The average Bonchev–Trinajstić information content (AvgIpc) is 2.28. The summed E-state index contributed by atoms with van der Waals surface area (Å²) in [4.78, 5) is 0.602. The van der Waals surface area contributed by atoms with Gasteiger partial charge >= 0.3 is 0 Å². The third-order valence-corrected chi connectivity index (χ3v) is 3.70. The molecule has 6 heteroatoms. The number of rotatable bonds is 7. The van der Waals surface area contributed by atoms with Gasteiger partial charge in [-0.1, -0.05) is 11.6 Å². The first-order chi connectivity index (χ1) is 8.15. The van der Waals surface area contributed by atoms with E-state index in [1.54, 1.807) is 25.3 Å². The predicted molar refractivity (Wildman–Crippen MR) is 69.8 cm³/mol. The van der Waals surface area contributed by atoms with E-state index in [9.17, 15) is 4.21 Å². The Morgan fingerprint density at radius 1 is 1.35 bits per heavy atom. The fraction of sp³-hybridized carbons (Fsp3) is 0.455. The van der Waals surface area contributed by atoms with Crippen molar-refractivity contribution < 1.29 is 13.7 Å². The van der Waals surface area contributed by atoms with Crippen LogP contribution in [0.4, 0.5) is 5.69 Å². The largest absolute Gasteiger partial charge is 0.398 e. The van der Waals surface area contributed by atoms with Crippen molar-refractivity contribution in [3.63, 3.8) is 0 Å². The smallest absolute Gasteiger partial charge is 0.0700 e. The van der Waals surface area contributed by atoms with Crippen LogP contribution in [0.25, 0.3) is 0 Å². The summed E-state index contributed by atoms with van der Waals surface area (Å²) in [6, 6.07) is 4.96. The molecule has 0 aliphatic carbocycles. The summed E-state index contributed by atoms with van der Waals surface area (Å²) >= 11 is 5.77. The minimum atomic E-state index is -1.16. The number of ether oxygens (including phenoxy) is 2.